The molecule has 0 aromatic carbocycles. The Hall–Kier alpha value is -0.820. The van der Waals surface area contributed by atoms with Crippen LogP contribution >= 0.6 is 27.5 Å². The zero-order valence-electron chi connectivity index (χ0n) is 7.35. The number of hydrogen-bond donors (Lipinski definition) is 0. The Morgan fingerprint density at radius 1 is 1.57 bits per heavy atom. The van der Waals surface area contributed by atoms with Crippen molar-refractivity contribution in [2.75, 3.05) is 0 Å². The quantitative estimate of drug-likeness (QED) is 0.805. The van der Waals surface area contributed by atoms with Gasteiger partial charge in [-0.15, -0.1) is 15.3 Å². The van der Waals surface area contributed by atoms with Crippen LogP contribution in [0, 0.1) is 0 Å². The first-order valence-electron chi connectivity index (χ1n) is 4.06. The molecular weight excluding hydrogens is 268 g/mol. The van der Waals surface area contributed by atoms with Gasteiger partial charge >= 0.3 is 0 Å². The van der Waals surface area contributed by atoms with E-state index in [0.29, 0.717) is 11.8 Å². The number of aromatic nitrogens is 4. The molecule has 0 radical (unpaired) electrons. The van der Waals surface area contributed by atoms with Crippen molar-refractivity contribution in [2.45, 2.75) is 18.2 Å². The highest BCUT2D eigenvalue weighted by Gasteiger charge is 2.15. The van der Waals surface area contributed by atoms with E-state index in [2.05, 4.69) is 35.7 Å². The Bertz CT molecular complexity index is 401. The van der Waals surface area contributed by atoms with Crippen LogP contribution in [0.4, 0.5) is 0 Å². The standard InChI is InChI=1S/C7H7BrN4OS/c1-2-4(8)6-10-11-7(13-6)5-3-9-12-14-5/h3-4H,2H2,1H3. The predicted molar refractivity (Wildman–Crippen MR) is 55.2 cm³/mol. The maximum absolute atomic E-state index is 5.44. The van der Waals surface area contributed by atoms with Gasteiger partial charge in [-0.2, -0.15) is 0 Å². The van der Waals surface area contributed by atoms with Gasteiger partial charge in [0.25, 0.3) is 5.89 Å². The number of nitrogens with zero attached hydrogens (tertiary/aromatic N) is 4. The van der Waals surface area contributed by atoms with Crippen LogP contribution in [0.5, 0.6) is 0 Å². The van der Waals surface area contributed by atoms with Gasteiger partial charge in [0.05, 0.1) is 11.0 Å². The second-order valence-electron chi connectivity index (χ2n) is 2.60. The average Bonchev–Trinajstić information content (AvgIpc) is 2.86. The molecule has 2 heterocycles. The smallest absolute Gasteiger partial charge is 0.261 e. The molecule has 0 amide bonds. The second kappa shape index (κ2) is 4.14. The molecule has 0 aliphatic rings. The summed E-state index contributed by atoms with van der Waals surface area (Å²) in [5.41, 5.74) is 0. The van der Waals surface area contributed by atoms with E-state index in [4.69, 9.17) is 4.42 Å². The first-order valence-corrected chi connectivity index (χ1v) is 5.75. The fourth-order valence-corrected chi connectivity index (χ4v) is 1.52. The molecule has 0 bridgehead atoms. The van der Waals surface area contributed by atoms with E-state index in [-0.39, 0.29) is 4.83 Å². The van der Waals surface area contributed by atoms with Crippen molar-refractivity contribution >= 4 is 27.5 Å². The normalized spacial score (nSPS) is 13.0. The number of alkyl halides is 1. The van der Waals surface area contributed by atoms with E-state index in [0.717, 1.165) is 11.3 Å². The second-order valence-corrected chi connectivity index (χ2v) is 4.49. The molecule has 0 aliphatic heterocycles. The molecule has 7 heteroatoms. The van der Waals surface area contributed by atoms with Crippen LogP contribution in [0.2, 0.25) is 0 Å². The van der Waals surface area contributed by atoms with Gasteiger partial charge < -0.3 is 4.42 Å². The fraction of sp³-hybridized carbons (Fsp3) is 0.429. The Morgan fingerprint density at radius 3 is 3.07 bits per heavy atom. The molecule has 1 unspecified atom stereocenters. The molecule has 2 aromatic heterocycles. The molecule has 14 heavy (non-hydrogen) atoms. The lowest BCUT2D eigenvalue weighted by Crippen LogP contribution is -1.86. The summed E-state index contributed by atoms with van der Waals surface area (Å²) in [5, 5.41) is 11.5. The van der Waals surface area contributed by atoms with Crippen LogP contribution in [-0.2, 0) is 0 Å². The van der Waals surface area contributed by atoms with E-state index in [1.165, 1.54) is 11.5 Å². The number of halogens is 1. The molecule has 0 saturated carbocycles. The van der Waals surface area contributed by atoms with Gasteiger partial charge in [0.15, 0.2) is 0 Å². The summed E-state index contributed by atoms with van der Waals surface area (Å²) in [6.45, 7) is 2.04. The van der Waals surface area contributed by atoms with Gasteiger partial charge in [-0.05, 0) is 18.0 Å². The lowest BCUT2D eigenvalue weighted by atomic mass is 10.3. The van der Waals surface area contributed by atoms with Crippen molar-refractivity contribution < 1.29 is 4.42 Å². The first-order chi connectivity index (χ1) is 6.81. The maximum Gasteiger partial charge on any atom is 0.261 e. The van der Waals surface area contributed by atoms with Crippen molar-refractivity contribution in [1.29, 1.82) is 0 Å². The van der Waals surface area contributed by atoms with Crippen LogP contribution in [-0.4, -0.2) is 19.8 Å². The molecule has 0 spiro atoms. The summed E-state index contributed by atoms with van der Waals surface area (Å²) in [6.07, 6.45) is 2.51. The summed E-state index contributed by atoms with van der Waals surface area (Å²) in [7, 11) is 0. The highest BCUT2D eigenvalue weighted by molar-refractivity contribution is 9.09. The number of hydrogen-bond acceptors (Lipinski definition) is 6. The molecule has 1 atom stereocenters. The SMILES string of the molecule is CCC(Br)c1nnc(-c2cnns2)o1. The third kappa shape index (κ3) is 1.83. The highest BCUT2D eigenvalue weighted by atomic mass is 79.9. The zero-order chi connectivity index (χ0) is 9.97. The van der Waals surface area contributed by atoms with Gasteiger partial charge in [0.1, 0.15) is 4.88 Å². The van der Waals surface area contributed by atoms with Gasteiger partial charge in [-0.1, -0.05) is 27.3 Å². The lowest BCUT2D eigenvalue weighted by molar-refractivity contribution is 0.501. The van der Waals surface area contributed by atoms with E-state index < -0.39 is 0 Å². The Labute approximate surface area is 92.8 Å². The predicted octanol–water partition coefficient (Wildman–Crippen LogP) is 2.43. The van der Waals surface area contributed by atoms with Crippen molar-refractivity contribution in [3.8, 4) is 10.8 Å². The van der Waals surface area contributed by atoms with Crippen LogP contribution in [0.15, 0.2) is 10.6 Å². The Balaban J connectivity index is 2.26. The monoisotopic (exact) mass is 274 g/mol. The minimum absolute atomic E-state index is 0.115. The summed E-state index contributed by atoms with van der Waals surface area (Å²) in [4.78, 5) is 0.907. The molecule has 0 N–H and O–H groups in total. The van der Waals surface area contributed by atoms with Crippen molar-refractivity contribution in [3.63, 3.8) is 0 Å². The summed E-state index contributed by atoms with van der Waals surface area (Å²) >= 11 is 4.67. The molecular formula is C7H7BrN4OS. The first kappa shape index (κ1) is 9.72. The van der Waals surface area contributed by atoms with Gasteiger partial charge in [-0.3, -0.25) is 0 Å². The lowest BCUT2D eigenvalue weighted by Gasteiger charge is -1.96. The molecule has 5 nitrogen and oxygen atoms in total. The Morgan fingerprint density at radius 2 is 2.43 bits per heavy atom. The summed E-state index contributed by atoms with van der Waals surface area (Å²) in [5.74, 6) is 1.07. The van der Waals surface area contributed by atoms with Crippen molar-refractivity contribution in [3.05, 3.63) is 12.1 Å². The van der Waals surface area contributed by atoms with Crippen molar-refractivity contribution in [1.82, 2.24) is 19.8 Å². The van der Waals surface area contributed by atoms with Gasteiger partial charge in [0, 0.05) is 0 Å². The Kier molecular flexibility index (Phi) is 2.87. The molecule has 0 saturated heterocycles. The topological polar surface area (TPSA) is 64.7 Å². The van der Waals surface area contributed by atoms with E-state index in [9.17, 15) is 0 Å². The number of rotatable bonds is 3. The van der Waals surface area contributed by atoms with Crippen LogP contribution in [0.1, 0.15) is 24.1 Å². The van der Waals surface area contributed by atoms with E-state index >= 15 is 0 Å². The maximum atomic E-state index is 5.44. The molecule has 0 fully saturated rings. The zero-order valence-corrected chi connectivity index (χ0v) is 9.75. The van der Waals surface area contributed by atoms with Gasteiger partial charge in [0.2, 0.25) is 5.89 Å². The largest absolute Gasteiger partial charge is 0.419 e. The average molecular weight is 275 g/mol. The molecule has 0 aliphatic carbocycles. The van der Waals surface area contributed by atoms with Crippen molar-refractivity contribution in [2.24, 2.45) is 0 Å². The third-order valence-electron chi connectivity index (χ3n) is 1.64. The molecule has 2 rings (SSSR count). The van der Waals surface area contributed by atoms with Crippen LogP contribution in [0.3, 0.4) is 0 Å². The third-order valence-corrected chi connectivity index (χ3v) is 3.33. The fourth-order valence-electron chi connectivity index (χ4n) is 0.897. The van der Waals surface area contributed by atoms with Gasteiger partial charge in [-0.25, -0.2) is 0 Å². The minimum atomic E-state index is 0.115. The summed E-state index contributed by atoms with van der Waals surface area (Å²) in [6, 6.07) is 0. The molecule has 2 aromatic rings. The van der Waals surface area contributed by atoms with E-state index in [1.54, 1.807) is 6.20 Å². The van der Waals surface area contributed by atoms with E-state index in [1.807, 2.05) is 6.92 Å². The van der Waals surface area contributed by atoms with Crippen LogP contribution in [0.25, 0.3) is 10.8 Å². The molecule has 74 valence electrons. The minimum Gasteiger partial charge on any atom is -0.419 e. The summed E-state index contributed by atoms with van der Waals surface area (Å²) < 4.78 is 9.17. The van der Waals surface area contributed by atoms with Crippen LogP contribution < -0.4 is 0 Å². The highest BCUT2D eigenvalue weighted by Crippen LogP contribution is 2.28.